The third-order valence-electron chi connectivity index (χ3n) is 8.58. The van der Waals surface area contributed by atoms with Gasteiger partial charge in [-0.2, -0.15) is 13.2 Å². The molecule has 0 radical (unpaired) electrons. The van der Waals surface area contributed by atoms with E-state index in [2.05, 4.69) is 16.5 Å². The van der Waals surface area contributed by atoms with Gasteiger partial charge in [0.05, 0.1) is 44.6 Å². The lowest BCUT2D eigenvalue weighted by Gasteiger charge is -2.44. The van der Waals surface area contributed by atoms with E-state index in [-0.39, 0.29) is 66.3 Å². The second kappa shape index (κ2) is 12.9. The first kappa shape index (κ1) is 36.1. The quantitative estimate of drug-likeness (QED) is 0.240. The number of aliphatic hydroxyl groups is 1. The van der Waals surface area contributed by atoms with Gasteiger partial charge in [0.15, 0.2) is 21.9 Å². The van der Waals surface area contributed by atoms with Crippen molar-refractivity contribution >= 4 is 50.2 Å². The molecule has 1 amide bonds. The molecule has 1 fully saturated rings. The normalized spacial score (nSPS) is 17.1. The number of pyridine rings is 2. The van der Waals surface area contributed by atoms with Crippen LogP contribution < -0.4 is 10.6 Å². The standard InChI is InChI=1S/C33H35ClF4N6O4S/c1-7-22(45)42-10-12-43(13-11-42)30-19-15-20(34)23(27-24(33(36,37)38)18(5)14-21(39)41-27)25(35)29(19)44(32(46)31(30)49(6,47)48)28-17(4)8-9-40-26(28)16(2)3/h7-9,14-16,32,46H,1,10-13H2,2-6H3,(H2,39,41). The fourth-order valence-electron chi connectivity index (χ4n) is 6.49. The summed E-state index contributed by atoms with van der Waals surface area (Å²) >= 11 is 6.68. The average molecular weight is 723 g/mol. The topological polar surface area (TPSA) is 133 Å². The van der Waals surface area contributed by atoms with Crippen molar-refractivity contribution in [2.45, 2.75) is 46.0 Å². The predicted molar refractivity (Wildman–Crippen MR) is 180 cm³/mol. The van der Waals surface area contributed by atoms with Crippen LogP contribution >= 0.6 is 11.6 Å². The predicted octanol–water partition coefficient (Wildman–Crippen LogP) is 5.79. The van der Waals surface area contributed by atoms with Crippen LogP contribution in [0.25, 0.3) is 17.0 Å². The molecule has 2 aliphatic heterocycles. The van der Waals surface area contributed by atoms with E-state index in [1.807, 2.05) is 0 Å². The van der Waals surface area contributed by atoms with Crippen LogP contribution in [0, 0.1) is 19.7 Å². The highest BCUT2D eigenvalue weighted by Crippen LogP contribution is 2.52. The van der Waals surface area contributed by atoms with Gasteiger partial charge in [-0.1, -0.05) is 32.0 Å². The molecule has 49 heavy (non-hydrogen) atoms. The summed E-state index contributed by atoms with van der Waals surface area (Å²) in [5.74, 6) is -2.28. The lowest BCUT2D eigenvalue weighted by atomic mass is 9.92. The third-order valence-corrected chi connectivity index (χ3v) is 10.1. The number of amides is 1. The van der Waals surface area contributed by atoms with Crippen LogP contribution in [0.1, 0.15) is 47.7 Å². The molecule has 5 rings (SSSR count). The molecule has 1 unspecified atom stereocenters. The zero-order chi connectivity index (χ0) is 36.3. The number of aromatic nitrogens is 2. The number of sulfone groups is 1. The Hall–Kier alpha value is -4.21. The molecule has 3 aromatic rings. The van der Waals surface area contributed by atoms with Crippen molar-refractivity contribution in [1.29, 1.82) is 0 Å². The number of nitrogens with zero attached hydrogens (tertiary/aromatic N) is 5. The highest BCUT2D eigenvalue weighted by molar-refractivity contribution is 7.94. The van der Waals surface area contributed by atoms with Crippen LogP contribution in [-0.4, -0.2) is 77.9 Å². The summed E-state index contributed by atoms with van der Waals surface area (Å²) in [6.07, 6.45) is -3.51. The molecule has 4 heterocycles. The van der Waals surface area contributed by atoms with E-state index in [0.717, 1.165) is 30.2 Å². The van der Waals surface area contributed by atoms with Gasteiger partial charge in [0, 0.05) is 44.2 Å². The number of carbonyl (C=O) groups excluding carboxylic acids is 1. The van der Waals surface area contributed by atoms with Gasteiger partial charge >= 0.3 is 6.18 Å². The highest BCUT2D eigenvalue weighted by atomic mass is 35.5. The molecular weight excluding hydrogens is 688 g/mol. The molecule has 2 aromatic heterocycles. The van der Waals surface area contributed by atoms with E-state index in [9.17, 15) is 31.5 Å². The molecule has 0 aliphatic carbocycles. The summed E-state index contributed by atoms with van der Waals surface area (Å²) in [5, 5.41) is 11.6. The molecule has 0 bridgehead atoms. The van der Waals surface area contributed by atoms with Crippen molar-refractivity contribution in [1.82, 2.24) is 19.8 Å². The minimum absolute atomic E-state index is 0.0679. The molecule has 2 aliphatic rings. The van der Waals surface area contributed by atoms with Gasteiger partial charge in [-0.25, -0.2) is 17.8 Å². The summed E-state index contributed by atoms with van der Waals surface area (Å²) in [5.41, 5.74) is 3.04. The van der Waals surface area contributed by atoms with Crippen molar-refractivity contribution in [2.75, 3.05) is 43.1 Å². The maximum Gasteiger partial charge on any atom is 0.418 e. The largest absolute Gasteiger partial charge is 0.418 e. The number of carbonyl (C=O) groups is 1. The summed E-state index contributed by atoms with van der Waals surface area (Å²) in [4.78, 5) is 24.3. The average Bonchev–Trinajstić information content (AvgIpc) is 2.99. The van der Waals surface area contributed by atoms with Crippen molar-refractivity contribution in [3.8, 4) is 11.3 Å². The molecule has 16 heteroatoms. The Morgan fingerprint density at radius 1 is 1.14 bits per heavy atom. The number of alkyl halides is 3. The number of fused-ring (bicyclic) bond motifs is 1. The molecule has 0 saturated carbocycles. The first-order chi connectivity index (χ1) is 22.8. The first-order valence-electron chi connectivity index (χ1n) is 15.2. The number of nitrogen functional groups attached to an aromatic ring is 1. The zero-order valence-corrected chi connectivity index (χ0v) is 28.9. The van der Waals surface area contributed by atoms with Crippen molar-refractivity contribution < 1.29 is 35.9 Å². The number of benzene rings is 1. The Bertz CT molecular complexity index is 2010. The molecule has 262 valence electrons. The van der Waals surface area contributed by atoms with Crippen LogP contribution in [0.4, 0.5) is 34.8 Å². The number of hydrogen-bond acceptors (Lipinski definition) is 9. The van der Waals surface area contributed by atoms with Crippen LogP contribution in [0.5, 0.6) is 0 Å². The molecule has 1 aromatic carbocycles. The molecule has 10 nitrogen and oxygen atoms in total. The van der Waals surface area contributed by atoms with Crippen molar-refractivity contribution in [2.24, 2.45) is 0 Å². The molecule has 0 spiro atoms. The van der Waals surface area contributed by atoms with Gasteiger partial charge in [0.2, 0.25) is 5.91 Å². The van der Waals surface area contributed by atoms with E-state index in [4.69, 9.17) is 17.3 Å². The van der Waals surface area contributed by atoms with E-state index in [1.165, 1.54) is 17.2 Å². The number of hydrogen-bond donors (Lipinski definition) is 2. The second-order valence-corrected chi connectivity index (χ2v) is 14.7. The maximum atomic E-state index is 17.5. The van der Waals surface area contributed by atoms with Crippen LogP contribution in [0.3, 0.4) is 0 Å². The first-order valence-corrected chi connectivity index (χ1v) is 17.5. The molecular formula is C33H35ClF4N6O4S. The highest BCUT2D eigenvalue weighted by Gasteiger charge is 2.46. The summed E-state index contributed by atoms with van der Waals surface area (Å²) < 4.78 is 88.3. The Kier molecular flexibility index (Phi) is 9.51. The number of aliphatic hydroxyl groups excluding tert-OH is 1. The summed E-state index contributed by atoms with van der Waals surface area (Å²) in [6.45, 7) is 10.3. The lowest BCUT2D eigenvalue weighted by Crippen LogP contribution is -2.50. The van der Waals surface area contributed by atoms with Gasteiger partial charge < -0.3 is 25.5 Å². The van der Waals surface area contributed by atoms with E-state index < -0.39 is 60.5 Å². The Morgan fingerprint density at radius 2 is 1.78 bits per heavy atom. The summed E-state index contributed by atoms with van der Waals surface area (Å²) in [7, 11) is -4.28. The Balaban J connectivity index is 1.93. The van der Waals surface area contributed by atoms with E-state index in [1.54, 1.807) is 31.7 Å². The van der Waals surface area contributed by atoms with Gasteiger partial charge in [-0.15, -0.1) is 0 Å². The molecule has 3 N–H and O–H groups in total. The van der Waals surface area contributed by atoms with Gasteiger partial charge in [0.1, 0.15) is 10.7 Å². The Labute approximate surface area is 286 Å². The fraction of sp³-hybridized carbons (Fsp3) is 0.364. The van der Waals surface area contributed by atoms with Crippen molar-refractivity contribution in [3.05, 3.63) is 80.7 Å². The number of anilines is 3. The number of rotatable bonds is 6. The number of aryl methyl sites for hydroxylation is 2. The van der Waals surface area contributed by atoms with Gasteiger partial charge in [-0.05, 0) is 55.2 Å². The SMILES string of the molecule is C=CC(=O)N1CCN(C2=C(S(C)(=O)=O)C(O)N(c3c(C)ccnc3C(C)C)c3c2cc(Cl)c(-c2nc(N)cc(C)c2C(F)(F)F)c3F)CC1. The minimum Gasteiger partial charge on any atom is -0.384 e. The molecule has 1 atom stereocenters. The monoisotopic (exact) mass is 722 g/mol. The van der Waals surface area contributed by atoms with Crippen molar-refractivity contribution in [3.63, 3.8) is 0 Å². The maximum absolute atomic E-state index is 17.5. The Morgan fingerprint density at radius 3 is 2.33 bits per heavy atom. The second-order valence-electron chi connectivity index (χ2n) is 12.3. The zero-order valence-electron chi connectivity index (χ0n) is 27.4. The van der Waals surface area contributed by atoms with Gasteiger partial charge in [-0.3, -0.25) is 9.78 Å². The number of halogens is 5. The smallest absolute Gasteiger partial charge is 0.384 e. The fourth-order valence-corrected chi connectivity index (χ4v) is 7.85. The van der Waals surface area contributed by atoms with Gasteiger partial charge in [0.25, 0.3) is 0 Å². The minimum atomic E-state index is -4.99. The number of piperazine rings is 1. The molecule has 1 saturated heterocycles. The van der Waals surface area contributed by atoms with E-state index in [0.29, 0.717) is 11.3 Å². The van der Waals surface area contributed by atoms with Crippen LogP contribution in [0.2, 0.25) is 5.02 Å². The third kappa shape index (κ3) is 6.34. The van der Waals surface area contributed by atoms with Crippen LogP contribution in [-0.2, 0) is 20.8 Å². The lowest BCUT2D eigenvalue weighted by molar-refractivity contribution is -0.137. The summed E-state index contributed by atoms with van der Waals surface area (Å²) in [6, 6.07) is 3.77. The number of nitrogens with two attached hydrogens (primary N) is 1. The van der Waals surface area contributed by atoms with E-state index >= 15 is 4.39 Å². The van der Waals surface area contributed by atoms with Crippen LogP contribution in [0.15, 0.2) is 42.0 Å².